The van der Waals surface area contributed by atoms with Crippen molar-refractivity contribution < 1.29 is 8.72 Å². The third kappa shape index (κ3) is 5.24. The van der Waals surface area contributed by atoms with Crippen molar-refractivity contribution in [3.05, 3.63) is 69.8 Å². The van der Waals surface area contributed by atoms with E-state index >= 15 is 0 Å². The van der Waals surface area contributed by atoms with Crippen LogP contribution in [0.3, 0.4) is 0 Å². The maximum atomic E-state index is 13.2. The summed E-state index contributed by atoms with van der Waals surface area (Å²) in [6.07, 6.45) is 8.30. The first kappa shape index (κ1) is 20.3. The number of fused-ring (bicyclic) bond motifs is 1. The minimum absolute atomic E-state index is 0.151. The van der Waals surface area contributed by atoms with Crippen molar-refractivity contribution in [3.8, 4) is 0 Å². The van der Waals surface area contributed by atoms with E-state index in [4.69, 9.17) is 4.84 Å². The van der Waals surface area contributed by atoms with Crippen molar-refractivity contribution in [1.29, 1.82) is 0 Å². The molecule has 0 heterocycles. The lowest BCUT2D eigenvalue weighted by molar-refractivity contribution is 0.168. The van der Waals surface area contributed by atoms with Crippen LogP contribution in [0.4, 0.5) is 3.89 Å². The number of allylic oxidation sites excluding steroid dienone is 2. The first-order valence-corrected chi connectivity index (χ1v) is 9.62. The smallest absolute Gasteiger partial charge is 0.145 e. The molecular formula is C21H27FN2OS. The summed E-state index contributed by atoms with van der Waals surface area (Å²) in [5, 5.41) is 7.18. The molecule has 0 radical (unpaired) electrons. The van der Waals surface area contributed by atoms with E-state index in [0.29, 0.717) is 16.2 Å². The molecule has 0 aliphatic heterocycles. The number of halogens is 1. The second kappa shape index (κ2) is 10.2. The molecule has 0 atom stereocenters. The highest BCUT2D eigenvalue weighted by Crippen LogP contribution is 2.26. The Balaban J connectivity index is 2.13. The van der Waals surface area contributed by atoms with Crippen molar-refractivity contribution in [2.75, 3.05) is 13.7 Å². The van der Waals surface area contributed by atoms with E-state index in [0.717, 1.165) is 24.1 Å². The molecule has 0 unspecified atom stereocenters. The quantitative estimate of drug-likeness (QED) is 0.371. The zero-order chi connectivity index (χ0) is 18.9. The Morgan fingerprint density at radius 2 is 2.08 bits per heavy atom. The standard InChI is InChI=1S/C21H27FN2OS/c1-5-8-21(26-22)20(16(3)23-4)14-25-24-15(2)18-12-11-17-9-6-7-10-19(17)13-18/h5,8,11-13,23H,3,6-7,9-10,14H2,1-2,4H3/b8-5-,21-20+,24-15?. The van der Waals surface area contributed by atoms with Crippen LogP contribution in [0.25, 0.3) is 0 Å². The summed E-state index contributed by atoms with van der Waals surface area (Å²) in [5.74, 6) is 0. The zero-order valence-electron chi connectivity index (χ0n) is 15.8. The topological polar surface area (TPSA) is 33.6 Å². The van der Waals surface area contributed by atoms with Gasteiger partial charge in [0.1, 0.15) is 6.61 Å². The molecule has 0 spiro atoms. The first-order valence-electron chi connectivity index (χ1n) is 8.90. The van der Waals surface area contributed by atoms with Crippen LogP contribution in [-0.4, -0.2) is 19.4 Å². The summed E-state index contributed by atoms with van der Waals surface area (Å²) in [6.45, 7) is 7.84. The summed E-state index contributed by atoms with van der Waals surface area (Å²) in [5.41, 5.74) is 6.01. The summed E-state index contributed by atoms with van der Waals surface area (Å²) < 4.78 is 13.2. The molecule has 26 heavy (non-hydrogen) atoms. The summed E-state index contributed by atoms with van der Waals surface area (Å²) in [6, 6.07) is 6.50. The van der Waals surface area contributed by atoms with Gasteiger partial charge in [-0.1, -0.05) is 29.9 Å². The fraction of sp³-hybridized carbons (Fsp3) is 0.381. The zero-order valence-corrected chi connectivity index (χ0v) is 16.6. The Bertz CT molecular complexity index is 738. The number of hydrogen-bond donors (Lipinski definition) is 1. The van der Waals surface area contributed by atoms with Gasteiger partial charge >= 0.3 is 0 Å². The van der Waals surface area contributed by atoms with Gasteiger partial charge in [0, 0.05) is 23.2 Å². The van der Waals surface area contributed by atoms with E-state index in [9.17, 15) is 3.89 Å². The summed E-state index contributed by atoms with van der Waals surface area (Å²) in [4.78, 5) is 5.99. The molecule has 1 aliphatic rings. The van der Waals surface area contributed by atoms with Crippen molar-refractivity contribution >= 4 is 17.9 Å². The third-order valence-corrected chi connectivity index (χ3v) is 5.09. The maximum absolute atomic E-state index is 13.2. The molecule has 1 aromatic rings. The number of oxime groups is 1. The average Bonchev–Trinajstić information content (AvgIpc) is 2.68. The van der Waals surface area contributed by atoms with Crippen LogP contribution in [0.15, 0.2) is 58.3 Å². The number of rotatable bonds is 8. The van der Waals surface area contributed by atoms with Crippen LogP contribution in [0, 0.1) is 0 Å². The second-order valence-corrected chi connectivity index (χ2v) is 6.88. The van der Waals surface area contributed by atoms with Gasteiger partial charge in [-0.3, -0.25) is 0 Å². The minimum Gasteiger partial charge on any atom is -0.391 e. The van der Waals surface area contributed by atoms with Gasteiger partial charge in [0.15, 0.2) is 0 Å². The predicted molar refractivity (Wildman–Crippen MR) is 110 cm³/mol. The van der Waals surface area contributed by atoms with Gasteiger partial charge in [0.2, 0.25) is 0 Å². The lowest BCUT2D eigenvalue weighted by Gasteiger charge is -2.16. The Labute approximate surface area is 160 Å². The van der Waals surface area contributed by atoms with E-state index in [1.807, 2.05) is 13.8 Å². The third-order valence-electron chi connectivity index (χ3n) is 4.54. The lowest BCUT2D eigenvalue weighted by Crippen LogP contribution is -2.12. The summed E-state index contributed by atoms with van der Waals surface area (Å²) >= 11 is 0.180. The molecular weight excluding hydrogens is 347 g/mol. The fourth-order valence-electron chi connectivity index (χ4n) is 2.99. The van der Waals surface area contributed by atoms with Gasteiger partial charge in [-0.15, -0.1) is 0 Å². The monoisotopic (exact) mass is 374 g/mol. The van der Waals surface area contributed by atoms with Gasteiger partial charge < -0.3 is 10.2 Å². The van der Waals surface area contributed by atoms with E-state index < -0.39 is 0 Å². The van der Waals surface area contributed by atoms with Gasteiger partial charge in [-0.2, -0.15) is 3.89 Å². The average molecular weight is 375 g/mol. The minimum atomic E-state index is 0.151. The molecule has 1 aliphatic carbocycles. The van der Waals surface area contributed by atoms with E-state index in [-0.39, 0.29) is 18.8 Å². The number of nitrogens with zero attached hydrogens (tertiary/aromatic N) is 1. The highest BCUT2D eigenvalue weighted by Gasteiger charge is 2.12. The molecule has 0 saturated carbocycles. The van der Waals surface area contributed by atoms with Crippen LogP contribution >= 0.6 is 12.1 Å². The van der Waals surface area contributed by atoms with Crippen LogP contribution in [0.2, 0.25) is 0 Å². The molecule has 0 bridgehead atoms. The van der Waals surface area contributed by atoms with Crippen molar-refractivity contribution in [3.63, 3.8) is 0 Å². The number of likely N-dealkylation sites (N-methyl/N-ethyl adjacent to an activating group) is 1. The highest BCUT2D eigenvalue weighted by molar-refractivity contribution is 7.98. The van der Waals surface area contributed by atoms with Crippen molar-refractivity contribution in [2.24, 2.45) is 5.16 Å². The molecule has 2 rings (SSSR count). The van der Waals surface area contributed by atoms with Gasteiger partial charge in [0.25, 0.3) is 0 Å². The largest absolute Gasteiger partial charge is 0.391 e. The van der Waals surface area contributed by atoms with Crippen LogP contribution in [0.5, 0.6) is 0 Å². The van der Waals surface area contributed by atoms with Gasteiger partial charge in [-0.05, 0) is 68.4 Å². The van der Waals surface area contributed by atoms with E-state index in [1.54, 1.807) is 19.2 Å². The van der Waals surface area contributed by atoms with Gasteiger partial charge in [-0.25, -0.2) is 0 Å². The lowest BCUT2D eigenvalue weighted by atomic mass is 9.90. The molecule has 0 amide bonds. The number of nitrogens with one attached hydrogen (secondary N) is 1. The SMILES string of the molecule is C=C(NC)/C(CON=C(C)c1ccc2c(c1)CCCC2)=C(\C=C/C)SF. The van der Waals surface area contributed by atoms with Crippen LogP contribution in [-0.2, 0) is 17.7 Å². The van der Waals surface area contributed by atoms with E-state index in [2.05, 4.69) is 35.3 Å². The maximum Gasteiger partial charge on any atom is 0.145 e. The first-order chi connectivity index (χ1) is 12.6. The molecule has 3 nitrogen and oxygen atoms in total. The molecule has 1 N–H and O–H groups in total. The number of hydrogen-bond acceptors (Lipinski definition) is 4. The van der Waals surface area contributed by atoms with Crippen molar-refractivity contribution in [2.45, 2.75) is 39.5 Å². The molecule has 0 saturated heterocycles. The Morgan fingerprint density at radius 3 is 2.73 bits per heavy atom. The number of benzene rings is 1. The Hall–Kier alpha value is -2.01. The molecule has 0 fully saturated rings. The summed E-state index contributed by atoms with van der Waals surface area (Å²) in [7, 11) is 1.75. The Kier molecular flexibility index (Phi) is 7.98. The van der Waals surface area contributed by atoms with E-state index in [1.165, 1.54) is 24.0 Å². The second-order valence-electron chi connectivity index (χ2n) is 6.29. The van der Waals surface area contributed by atoms with Crippen LogP contribution in [0.1, 0.15) is 43.4 Å². The predicted octanol–water partition coefficient (Wildman–Crippen LogP) is 5.49. The normalized spacial score (nSPS) is 15.5. The van der Waals surface area contributed by atoms with Crippen LogP contribution < -0.4 is 5.32 Å². The van der Waals surface area contributed by atoms with Crippen molar-refractivity contribution in [1.82, 2.24) is 5.32 Å². The number of aryl methyl sites for hydroxylation is 2. The molecule has 1 aromatic carbocycles. The van der Waals surface area contributed by atoms with Gasteiger partial charge in [0.05, 0.1) is 17.9 Å². The molecule has 0 aromatic heterocycles. The Morgan fingerprint density at radius 1 is 1.35 bits per heavy atom. The molecule has 140 valence electrons. The molecule has 5 heteroatoms. The highest BCUT2D eigenvalue weighted by atomic mass is 32.2. The fourth-order valence-corrected chi connectivity index (χ4v) is 3.45.